The summed E-state index contributed by atoms with van der Waals surface area (Å²) in [7, 11) is 0. The first-order valence-corrected chi connectivity index (χ1v) is 7.04. The molecule has 2 fully saturated rings. The van der Waals surface area contributed by atoms with Gasteiger partial charge in [-0.05, 0) is 43.9 Å². The van der Waals surface area contributed by atoms with Crippen molar-refractivity contribution < 1.29 is 9.90 Å². The van der Waals surface area contributed by atoms with Crippen LogP contribution in [0.1, 0.15) is 46.0 Å². The fourth-order valence-electron chi connectivity index (χ4n) is 3.30. The number of carbonyl (C=O) groups is 1. The van der Waals surface area contributed by atoms with Crippen LogP contribution in [0.4, 0.5) is 0 Å². The van der Waals surface area contributed by atoms with Gasteiger partial charge in [0.1, 0.15) is 0 Å². The van der Waals surface area contributed by atoms with Crippen molar-refractivity contribution in [2.24, 2.45) is 17.8 Å². The molecule has 0 aromatic rings. The van der Waals surface area contributed by atoms with Crippen molar-refractivity contribution in [3.8, 4) is 0 Å². The standard InChI is InChI=1S/C14H25NO2/c1-10-3-5-12(6-4-10)14(17)15-8-7-11(2)13(15)9-16/h10-13,16H,3-9H2,1-2H3. The van der Waals surface area contributed by atoms with E-state index in [4.69, 9.17) is 0 Å². The molecule has 0 bridgehead atoms. The van der Waals surface area contributed by atoms with E-state index >= 15 is 0 Å². The van der Waals surface area contributed by atoms with Crippen LogP contribution in [0.2, 0.25) is 0 Å². The van der Waals surface area contributed by atoms with Gasteiger partial charge >= 0.3 is 0 Å². The summed E-state index contributed by atoms with van der Waals surface area (Å²) in [5.41, 5.74) is 0. The number of nitrogens with zero attached hydrogens (tertiary/aromatic N) is 1. The average Bonchev–Trinajstić information content (AvgIpc) is 2.70. The third-order valence-corrected chi connectivity index (χ3v) is 4.72. The summed E-state index contributed by atoms with van der Waals surface area (Å²) < 4.78 is 0. The third kappa shape index (κ3) is 2.65. The summed E-state index contributed by atoms with van der Waals surface area (Å²) in [5.74, 6) is 1.77. The molecule has 1 saturated heterocycles. The number of amides is 1. The number of hydrogen-bond acceptors (Lipinski definition) is 2. The van der Waals surface area contributed by atoms with Crippen molar-refractivity contribution in [1.29, 1.82) is 0 Å². The minimum Gasteiger partial charge on any atom is -0.394 e. The molecule has 1 amide bonds. The maximum Gasteiger partial charge on any atom is 0.226 e. The number of carbonyl (C=O) groups excluding carboxylic acids is 1. The summed E-state index contributed by atoms with van der Waals surface area (Å²) in [4.78, 5) is 14.4. The summed E-state index contributed by atoms with van der Waals surface area (Å²) in [5, 5.41) is 9.40. The maximum absolute atomic E-state index is 12.4. The van der Waals surface area contributed by atoms with Crippen LogP contribution >= 0.6 is 0 Å². The molecule has 98 valence electrons. The fourth-order valence-corrected chi connectivity index (χ4v) is 3.30. The zero-order valence-corrected chi connectivity index (χ0v) is 11.1. The van der Waals surface area contributed by atoms with Crippen LogP contribution in [0, 0.1) is 17.8 Å². The highest BCUT2D eigenvalue weighted by Gasteiger charge is 2.37. The number of likely N-dealkylation sites (tertiary alicyclic amines) is 1. The van der Waals surface area contributed by atoms with Gasteiger partial charge in [0.25, 0.3) is 0 Å². The van der Waals surface area contributed by atoms with Crippen molar-refractivity contribution in [1.82, 2.24) is 4.90 Å². The second-order valence-corrected chi connectivity index (χ2v) is 6.00. The molecule has 0 aromatic carbocycles. The Morgan fingerprint density at radius 3 is 2.41 bits per heavy atom. The number of rotatable bonds is 2. The first-order chi connectivity index (χ1) is 8.13. The van der Waals surface area contributed by atoms with Gasteiger partial charge in [-0.25, -0.2) is 0 Å². The molecule has 1 aliphatic heterocycles. The highest BCUT2D eigenvalue weighted by atomic mass is 16.3. The molecule has 0 spiro atoms. The van der Waals surface area contributed by atoms with E-state index in [9.17, 15) is 9.90 Å². The molecule has 1 aliphatic carbocycles. The molecule has 2 atom stereocenters. The van der Waals surface area contributed by atoms with E-state index in [1.54, 1.807) is 0 Å². The van der Waals surface area contributed by atoms with Crippen molar-refractivity contribution in [3.63, 3.8) is 0 Å². The SMILES string of the molecule is CC1CCC(C(=O)N2CCC(C)C2CO)CC1. The normalized spacial score (nSPS) is 38.4. The van der Waals surface area contributed by atoms with Gasteiger partial charge < -0.3 is 10.0 Å². The lowest BCUT2D eigenvalue weighted by Gasteiger charge is -2.32. The molecule has 3 nitrogen and oxygen atoms in total. The van der Waals surface area contributed by atoms with E-state index in [2.05, 4.69) is 13.8 Å². The predicted octanol–water partition coefficient (Wildman–Crippen LogP) is 2.04. The molecule has 1 saturated carbocycles. The highest BCUT2D eigenvalue weighted by molar-refractivity contribution is 5.79. The first-order valence-electron chi connectivity index (χ1n) is 7.04. The largest absolute Gasteiger partial charge is 0.394 e. The van der Waals surface area contributed by atoms with Crippen molar-refractivity contribution in [2.75, 3.05) is 13.2 Å². The Morgan fingerprint density at radius 1 is 1.18 bits per heavy atom. The molecule has 3 heteroatoms. The molecule has 1 N–H and O–H groups in total. The smallest absolute Gasteiger partial charge is 0.226 e. The van der Waals surface area contributed by atoms with Gasteiger partial charge in [0.2, 0.25) is 5.91 Å². The Morgan fingerprint density at radius 2 is 1.82 bits per heavy atom. The van der Waals surface area contributed by atoms with Gasteiger partial charge in [-0.3, -0.25) is 4.79 Å². The minimum absolute atomic E-state index is 0.0712. The predicted molar refractivity (Wildman–Crippen MR) is 67.5 cm³/mol. The van der Waals surface area contributed by atoms with E-state index in [0.29, 0.717) is 11.8 Å². The average molecular weight is 239 g/mol. The van der Waals surface area contributed by atoms with Gasteiger partial charge in [-0.15, -0.1) is 0 Å². The van der Waals surface area contributed by atoms with Crippen LogP contribution < -0.4 is 0 Å². The minimum atomic E-state index is 0.0712. The summed E-state index contributed by atoms with van der Waals surface area (Å²) in [6, 6.07) is 0.0712. The molecule has 2 rings (SSSR count). The van der Waals surface area contributed by atoms with Crippen LogP contribution in [-0.4, -0.2) is 35.1 Å². The van der Waals surface area contributed by atoms with Crippen molar-refractivity contribution in [3.05, 3.63) is 0 Å². The van der Waals surface area contributed by atoms with Crippen LogP contribution in [0.25, 0.3) is 0 Å². The fraction of sp³-hybridized carbons (Fsp3) is 0.929. The van der Waals surface area contributed by atoms with Crippen LogP contribution in [0.5, 0.6) is 0 Å². The van der Waals surface area contributed by atoms with E-state index in [1.165, 1.54) is 12.8 Å². The Labute approximate surface area is 104 Å². The van der Waals surface area contributed by atoms with E-state index < -0.39 is 0 Å². The molecule has 2 aliphatic rings. The summed E-state index contributed by atoms with van der Waals surface area (Å²) >= 11 is 0. The number of hydrogen-bond donors (Lipinski definition) is 1. The van der Waals surface area contributed by atoms with Crippen LogP contribution in [-0.2, 0) is 4.79 Å². The van der Waals surface area contributed by atoms with Crippen molar-refractivity contribution in [2.45, 2.75) is 52.0 Å². The molecule has 17 heavy (non-hydrogen) atoms. The Bertz CT molecular complexity index is 271. The Kier molecular flexibility index (Phi) is 4.08. The monoisotopic (exact) mass is 239 g/mol. The summed E-state index contributed by atoms with van der Waals surface area (Å²) in [6.07, 6.45) is 5.50. The highest BCUT2D eigenvalue weighted by Crippen LogP contribution is 2.32. The zero-order valence-electron chi connectivity index (χ0n) is 11.1. The van der Waals surface area contributed by atoms with Gasteiger partial charge in [-0.1, -0.05) is 13.8 Å². The van der Waals surface area contributed by atoms with Gasteiger partial charge in [0.05, 0.1) is 12.6 Å². The second-order valence-electron chi connectivity index (χ2n) is 6.00. The van der Waals surface area contributed by atoms with Crippen molar-refractivity contribution >= 4 is 5.91 Å². The van der Waals surface area contributed by atoms with Crippen LogP contribution in [0.3, 0.4) is 0 Å². The van der Waals surface area contributed by atoms with Crippen LogP contribution in [0.15, 0.2) is 0 Å². The van der Waals surface area contributed by atoms with E-state index in [-0.39, 0.29) is 18.6 Å². The Hall–Kier alpha value is -0.570. The molecule has 0 aromatic heterocycles. The van der Waals surface area contributed by atoms with Gasteiger partial charge in [-0.2, -0.15) is 0 Å². The Balaban J connectivity index is 1.95. The first kappa shape index (κ1) is 12.9. The lowest BCUT2D eigenvalue weighted by molar-refractivity contribution is -0.138. The zero-order chi connectivity index (χ0) is 12.4. The lowest BCUT2D eigenvalue weighted by atomic mass is 9.82. The molecule has 2 unspecified atom stereocenters. The topological polar surface area (TPSA) is 40.5 Å². The van der Waals surface area contributed by atoms with Gasteiger partial charge in [0, 0.05) is 12.5 Å². The molecular weight excluding hydrogens is 214 g/mol. The van der Waals surface area contributed by atoms with E-state index in [0.717, 1.165) is 31.7 Å². The number of aliphatic hydroxyl groups is 1. The molecular formula is C14H25NO2. The third-order valence-electron chi connectivity index (χ3n) is 4.72. The quantitative estimate of drug-likeness (QED) is 0.801. The number of aliphatic hydroxyl groups excluding tert-OH is 1. The second kappa shape index (κ2) is 5.38. The maximum atomic E-state index is 12.4. The molecule has 1 heterocycles. The molecule has 0 radical (unpaired) electrons. The van der Waals surface area contributed by atoms with Gasteiger partial charge in [0.15, 0.2) is 0 Å². The summed E-state index contributed by atoms with van der Waals surface area (Å²) in [6.45, 7) is 5.37. The lowest BCUT2D eigenvalue weighted by Crippen LogP contribution is -2.43. The van der Waals surface area contributed by atoms with E-state index in [1.807, 2.05) is 4.90 Å².